The molecule has 10 heteroatoms. The van der Waals surface area contributed by atoms with Gasteiger partial charge in [-0.25, -0.2) is 4.68 Å². The molecular formula is C18H18F3N5O2. The van der Waals surface area contributed by atoms with E-state index in [9.17, 15) is 18.0 Å². The zero-order valence-corrected chi connectivity index (χ0v) is 15.2. The van der Waals surface area contributed by atoms with Crippen LogP contribution in [0.4, 0.5) is 13.2 Å². The lowest BCUT2D eigenvalue weighted by Gasteiger charge is -2.15. The Kier molecular flexibility index (Phi) is 5.39. The summed E-state index contributed by atoms with van der Waals surface area (Å²) in [5.41, 5.74) is 0.276. The number of aryl methyl sites for hydroxylation is 1. The molecule has 2 aromatic heterocycles. The maximum Gasteiger partial charge on any atom is 0.416 e. The summed E-state index contributed by atoms with van der Waals surface area (Å²) in [5, 5.41) is 8.18. The second-order valence-electron chi connectivity index (χ2n) is 6.15. The average molecular weight is 393 g/mol. The Morgan fingerprint density at radius 2 is 2.04 bits per heavy atom. The number of alkyl halides is 3. The van der Waals surface area contributed by atoms with Crippen molar-refractivity contribution in [1.29, 1.82) is 0 Å². The fourth-order valence-corrected chi connectivity index (χ4v) is 2.52. The second-order valence-corrected chi connectivity index (χ2v) is 6.15. The summed E-state index contributed by atoms with van der Waals surface area (Å²) in [6.45, 7) is 0.239. The highest BCUT2D eigenvalue weighted by molar-refractivity contribution is 5.91. The van der Waals surface area contributed by atoms with Crippen LogP contribution in [-0.2, 0) is 26.5 Å². The third-order valence-electron chi connectivity index (χ3n) is 4.05. The number of rotatable bonds is 6. The lowest BCUT2D eigenvalue weighted by Crippen LogP contribution is -2.27. The molecule has 0 saturated heterocycles. The van der Waals surface area contributed by atoms with Gasteiger partial charge in [0.05, 0.1) is 17.8 Å². The minimum absolute atomic E-state index is 0.0616. The molecule has 0 radical (unpaired) electrons. The van der Waals surface area contributed by atoms with Gasteiger partial charge in [0.1, 0.15) is 5.75 Å². The number of carbonyl (C=O) groups excluding carboxylic acids is 1. The minimum atomic E-state index is -4.44. The number of hydrogen-bond acceptors (Lipinski definition) is 4. The summed E-state index contributed by atoms with van der Waals surface area (Å²) in [6.07, 6.45) is -1.27. The molecule has 1 amide bonds. The first-order valence-electron chi connectivity index (χ1n) is 8.30. The molecule has 0 bridgehead atoms. The summed E-state index contributed by atoms with van der Waals surface area (Å²) in [7, 11) is 3.43. The molecule has 148 valence electrons. The highest BCUT2D eigenvalue weighted by Gasteiger charge is 2.30. The van der Waals surface area contributed by atoms with Gasteiger partial charge < -0.3 is 9.64 Å². The van der Waals surface area contributed by atoms with Crippen LogP contribution in [-0.4, -0.2) is 37.4 Å². The lowest BCUT2D eigenvalue weighted by atomic mass is 10.2. The third-order valence-corrected chi connectivity index (χ3v) is 4.05. The Hall–Kier alpha value is -3.30. The molecule has 3 rings (SSSR count). The summed E-state index contributed by atoms with van der Waals surface area (Å²) in [6, 6.07) is 7.91. The van der Waals surface area contributed by atoms with Crippen molar-refractivity contribution in [3.63, 3.8) is 0 Å². The van der Waals surface area contributed by atoms with E-state index in [-0.39, 0.29) is 24.1 Å². The fraction of sp³-hybridized carbons (Fsp3) is 0.278. The van der Waals surface area contributed by atoms with Crippen LogP contribution < -0.4 is 4.74 Å². The van der Waals surface area contributed by atoms with Gasteiger partial charge in [-0.3, -0.25) is 9.48 Å². The van der Waals surface area contributed by atoms with Crippen LogP contribution in [0.2, 0.25) is 0 Å². The zero-order chi connectivity index (χ0) is 20.3. The Morgan fingerprint density at radius 3 is 2.71 bits per heavy atom. The van der Waals surface area contributed by atoms with Crippen molar-refractivity contribution in [1.82, 2.24) is 24.5 Å². The molecule has 0 spiro atoms. The van der Waals surface area contributed by atoms with E-state index >= 15 is 0 Å². The fourth-order valence-electron chi connectivity index (χ4n) is 2.52. The standard InChI is InChI=1S/C18H18F3N5O2/c1-24(11-14-6-8-22-25(14)2)17(27)16-7-9-26(23-16)12-28-15-5-3-4-13(10-15)18(19,20)21/h3-10H,11-12H2,1-2H3. The van der Waals surface area contributed by atoms with Crippen molar-refractivity contribution in [2.45, 2.75) is 19.5 Å². The number of aromatic nitrogens is 4. The summed E-state index contributed by atoms with van der Waals surface area (Å²) in [5.74, 6) is -0.231. The molecule has 0 atom stereocenters. The molecule has 0 N–H and O–H groups in total. The van der Waals surface area contributed by atoms with Gasteiger partial charge in [-0.05, 0) is 30.3 Å². The monoisotopic (exact) mass is 393 g/mol. The van der Waals surface area contributed by atoms with Crippen LogP contribution in [0.3, 0.4) is 0 Å². The summed E-state index contributed by atoms with van der Waals surface area (Å²) in [4.78, 5) is 14.0. The van der Waals surface area contributed by atoms with E-state index in [2.05, 4.69) is 10.2 Å². The Labute approximate surface area is 158 Å². The van der Waals surface area contributed by atoms with Crippen LogP contribution >= 0.6 is 0 Å². The highest BCUT2D eigenvalue weighted by atomic mass is 19.4. The largest absolute Gasteiger partial charge is 0.471 e. The van der Waals surface area contributed by atoms with Crippen molar-refractivity contribution in [3.8, 4) is 5.75 Å². The minimum Gasteiger partial charge on any atom is -0.471 e. The molecule has 28 heavy (non-hydrogen) atoms. The quantitative estimate of drug-likeness (QED) is 0.646. The van der Waals surface area contributed by atoms with Gasteiger partial charge in [-0.15, -0.1) is 0 Å². The molecule has 0 unspecified atom stereocenters. The second kappa shape index (κ2) is 7.75. The number of hydrogen-bond donors (Lipinski definition) is 0. The Morgan fingerprint density at radius 1 is 1.25 bits per heavy atom. The van der Waals surface area contributed by atoms with E-state index in [0.717, 1.165) is 17.8 Å². The van der Waals surface area contributed by atoms with E-state index in [1.807, 2.05) is 6.07 Å². The van der Waals surface area contributed by atoms with Crippen molar-refractivity contribution >= 4 is 5.91 Å². The predicted octanol–water partition coefficient (Wildman–Crippen LogP) is 2.94. The smallest absolute Gasteiger partial charge is 0.416 e. The van der Waals surface area contributed by atoms with E-state index in [1.54, 1.807) is 25.0 Å². The van der Waals surface area contributed by atoms with Gasteiger partial charge in [0.15, 0.2) is 12.4 Å². The average Bonchev–Trinajstić information content (AvgIpc) is 3.28. The van der Waals surface area contributed by atoms with Gasteiger partial charge >= 0.3 is 6.18 Å². The van der Waals surface area contributed by atoms with Crippen LogP contribution in [0.1, 0.15) is 21.7 Å². The van der Waals surface area contributed by atoms with Crippen molar-refractivity contribution in [2.24, 2.45) is 7.05 Å². The number of amides is 1. The SMILES string of the molecule is CN(Cc1ccnn1C)C(=O)c1ccn(COc2cccc(C(F)(F)F)c2)n1. The first-order valence-corrected chi connectivity index (χ1v) is 8.30. The van der Waals surface area contributed by atoms with Crippen LogP contribution in [0.5, 0.6) is 5.75 Å². The first-order chi connectivity index (χ1) is 13.2. The van der Waals surface area contributed by atoms with Gasteiger partial charge in [0, 0.05) is 26.5 Å². The van der Waals surface area contributed by atoms with Gasteiger partial charge in [-0.2, -0.15) is 23.4 Å². The van der Waals surface area contributed by atoms with E-state index in [4.69, 9.17) is 4.74 Å². The normalized spacial score (nSPS) is 11.5. The number of carbonyl (C=O) groups is 1. The number of halogens is 3. The van der Waals surface area contributed by atoms with Crippen molar-refractivity contribution < 1.29 is 22.7 Å². The van der Waals surface area contributed by atoms with Crippen LogP contribution in [0.15, 0.2) is 48.8 Å². The van der Waals surface area contributed by atoms with E-state index < -0.39 is 11.7 Å². The molecule has 0 aliphatic heterocycles. The van der Waals surface area contributed by atoms with Gasteiger partial charge in [0.25, 0.3) is 5.91 Å². The molecule has 0 fully saturated rings. The van der Waals surface area contributed by atoms with E-state index in [0.29, 0.717) is 6.54 Å². The Balaban J connectivity index is 1.61. The molecule has 0 aliphatic carbocycles. The lowest BCUT2D eigenvalue weighted by molar-refractivity contribution is -0.137. The Bertz CT molecular complexity index is 964. The topological polar surface area (TPSA) is 65.2 Å². The number of ether oxygens (including phenoxy) is 1. The van der Waals surface area contributed by atoms with Gasteiger partial charge in [-0.1, -0.05) is 6.07 Å². The number of nitrogens with zero attached hydrogens (tertiary/aromatic N) is 5. The molecule has 1 aromatic carbocycles. The first kappa shape index (κ1) is 19.5. The van der Waals surface area contributed by atoms with Crippen LogP contribution in [0, 0.1) is 0 Å². The summed E-state index contributed by atoms with van der Waals surface area (Å²) < 4.78 is 46.6. The maximum atomic E-state index is 12.7. The van der Waals surface area contributed by atoms with Crippen molar-refractivity contribution in [3.05, 3.63) is 65.7 Å². The predicted molar refractivity (Wildman–Crippen MR) is 93.3 cm³/mol. The van der Waals surface area contributed by atoms with Crippen molar-refractivity contribution in [2.75, 3.05) is 7.05 Å². The zero-order valence-electron chi connectivity index (χ0n) is 15.2. The van der Waals surface area contributed by atoms with E-state index in [1.165, 1.54) is 34.0 Å². The summed E-state index contributed by atoms with van der Waals surface area (Å²) >= 11 is 0. The highest BCUT2D eigenvalue weighted by Crippen LogP contribution is 2.31. The molecule has 2 heterocycles. The number of benzene rings is 1. The molecule has 3 aromatic rings. The third kappa shape index (κ3) is 4.51. The molecule has 0 aliphatic rings. The molecule has 0 saturated carbocycles. The van der Waals surface area contributed by atoms with Crippen LogP contribution in [0.25, 0.3) is 0 Å². The molecular weight excluding hydrogens is 375 g/mol. The van der Waals surface area contributed by atoms with Gasteiger partial charge in [0.2, 0.25) is 0 Å². The maximum absolute atomic E-state index is 12.7. The molecule has 7 nitrogen and oxygen atoms in total.